The molecule has 1 heterocycles. The quantitative estimate of drug-likeness (QED) is 0.858. The maximum absolute atomic E-state index is 4.29. The van der Waals surface area contributed by atoms with Gasteiger partial charge in [0.1, 0.15) is 5.82 Å². The number of pyridine rings is 1. The molecule has 1 aromatic heterocycles. The second-order valence-electron chi connectivity index (χ2n) is 3.72. The van der Waals surface area contributed by atoms with Gasteiger partial charge in [-0.05, 0) is 30.7 Å². The topological polar surface area (TPSA) is 24.9 Å². The highest BCUT2D eigenvalue weighted by Crippen LogP contribution is 2.28. The zero-order valence-electron chi connectivity index (χ0n) is 9.89. The van der Waals surface area contributed by atoms with Crippen molar-refractivity contribution >= 4 is 17.6 Å². The molecule has 0 unspecified atom stereocenters. The summed E-state index contributed by atoms with van der Waals surface area (Å²) in [6.45, 7) is 3.11. The summed E-state index contributed by atoms with van der Waals surface area (Å²) in [6.07, 6.45) is 2.96. The van der Waals surface area contributed by atoms with E-state index in [0.29, 0.717) is 0 Å². The lowest BCUT2D eigenvalue weighted by molar-refractivity contribution is 0.967. The van der Waals surface area contributed by atoms with Crippen LogP contribution >= 0.6 is 11.8 Å². The molecular weight excluding hydrogens is 228 g/mol. The molecule has 0 amide bonds. The number of hydrogen-bond acceptors (Lipinski definition) is 3. The number of hydrogen-bond donors (Lipinski definition) is 1. The van der Waals surface area contributed by atoms with Gasteiger partial charge in [0.25, 0.3) is 0 Å². The molecule has 2 rings (SSSR count). The van der Waals surface area contributed by atoms with Gasteiger partial charge in [0.05, 0.1) is 0 Å². The van der Waals surface area contributed by atoms with Gasteiger partial charge in [-0.1, -0.05) is 36.9 Å². The first kappa shape index (κ1) is 12.0. The van der Waals surface area contributed by atoms with Crippen LogP contribution in [-0.2, 0) is 0 Å². The molecule has 0 saturated carbocycles. The highest BCUT2D eigenvalue weighted by molar-refractivity contribution is 7.99. The minimum absolute atomic E-state index is 0.952. The molecule has 0 spiro atoms. The van der Waals surface area contributed by atoms with Gasteiger partial charge < -0.3 is 5.32 Å². The standard InChI is InChI=1S/C14H16N2S/c1-2-9-15-14-11-13(8-10-16-14)17-12-6-4-3-5-7-12/h3-8,10-11H,2,9H2,1H3,(H,15,16). The van der Waals surface area contributed by atoms with Gasteiger partial charge in [-0.2, -0.15) is 0 Å². The molecule has 17 heavy (non-hydrogen) atoms. The van der Waals surface area contributed by atoms with Crippen molar-refractivity contribution in [1.29, 1.82) is 0 Å². The number of benzene rings is 1. The minimum Gasteiger partial charge on any atom is -0.370 e. The Morgan fingerprint density at radius 2 is 1.94 bits per heavy atom. The van der Waals surface area contributed by atoms with E-state index in [1.165, 1.54) is 9.79 Å². The molecule has 2 nitrogen and oxygen atoms in total. The third-order valence-electron chi connectivity index (χ3n) is 2.27. The van der Waals surface area contributed by atoms with Crippen molar-refractivity contribution < 1.29 is 0 Å². The Balaban J connectivity index is 2.06. The van der Waals surface area contributed by atoms with Crippen LogP contribution in [0, 0.1) is 0 Å². The van der Waals surface area contributed by atoms with Crippen LogP contribution in [0.25, 0.3) is 0 Å². The van der Waals surface area contributed by atoms with Crippen LogP contribution in [0.1, 0.15) is 13.3 Å². The summed E-state index contributed by atoms with van der Waals surface area (Å²) >= 11 is 1.76. The Labute approximate surface area is 106 Å². The van der Waals surface area contributed by atoms with Gasteiger partial charge in [0, 0.05) is 22.5 Å². The third kappa shape index (κ3) is 3.79. The zero-order chi connectivity index (χ0) is 11.9. The summed E-state index contributed by atoms with van der Waals surface area (Å²) in [6, 6.07) is 14.5. The Morgan fingerprint density at radius 3 is 2.71 bits per heavy atom. The third-order valence-corrected chi connectivity index (χ3v) is 3.26. The smallest absolute Gasteiger partial charge is 0.127 e. The van der Waals surface area contributed by atoms with E-state index >= 15 is 0 Å². The van der Waals surface area contributed by atoms with Gasteiger partial charge in [-0.3, -0.25) is 0 Å². The summed E-state index contributed by atoms with van der Waals surface area (Å²) in [5.41, 5.74) is 0. The first-order valence-corrected chi connectivity index (χ1v) is 6.63. The van der Waals surface area contributed by atoms with Crippen molar-refractivity contribution in [3.8, 4) is 0 Å². The van der Waals surface area contributed by atoms with Crippen LogP contribution in [-0.4, -0.2) is 11.5 Å². The fraction of sp³-hybridized carbons (Fsp3) is 0.214. The van der Waals surface area contributed by atoms with Crippen molar-refractivity contribution in [3.63, 3.8) is 0 Å². The highest BCUT2D eigenvalue weighted by atomic mass is 32.2. The molecule has 88 valence electrons. The van der Waals surface area contributed by atoms with Crippen LogP contribution in [0.4, 0.5) is 5.82 Å². The van der Waals surface area contributed by atoms with Crippen molar-refractivity contribution in [2.45, 2.75) is 23.1 Å². The van der Waals surface area contributed by atoms with E-state index in [1.54, 1.807) is 11.8 Å². The Hall–Kier alpha value is -1.48. The molecule has 0 atom stereocenters. The van der Waals surface area contributed by atoms with E-state index in [0.717, 1.165) is 18.8 Å². The second-order valence-corrected chi connectivity index (χ2v) is 4.87. The zero-order valence-corrected chi connectivity index (χ0v) is 10.7. The molecular formula is C14H16N2S. The molecule has 0 radical (unpaired) electrons. The van der Waals surface area contributed by atoms with Crippen molar-refractivity contribution in [2.24, 2.45) is 0 Å². The van der Waals surface area contributed by atoms with Crippen LogP contribution < -0.4 is 5.32 Å². The minimum atomic E-state index is 0.952. The normalized spacial score (nSPS) is 10.2. The fourth-order valence-electron chi connectivity index (χ4n) is 1.45. The van der Waals surface area contributed by atoms with Gasteiger partial charge in [0.15, 0.2) is 0 Å². The Bertz CT molecular complexity index is 457. The average molecular weight is 244 g/mol. The molecule has 3 heteroatoms. The summed E-state index contributed by atoms with van der Waals surface area (Å²) in [5.74, 6) is 0.952. The number of nitrogens with zero attached hydrogens (tertiary/aromatic N) is 1. The predicted molar refractivity (Wildman–Crippen MR) is 73.6 cm³/mol. The Kier molecular flexibility index (Phi) is 4.45. The lowest BCUT2D eigenvalue weighted by Crippen LogP contribution is -2.01. The van der Waals surface area contributed by atoms with E-state index in [4.69, 9.17) is 0 Å². The van der Waals surface area contributed by atoms with Crippen LogP contribution in [0.5, 0.6) is 0 Å². The molecule has 0 saturated heterocycles. The predicted octanol–water partition coefficient (Wildman–Crippen LogP) is 4.05. The van der Waals surface area contributed by atoms with Gasteiger partial charge in [0.2, 0.25) is 0 Å². The van der Waals surface area contributed by atoms with Crippen LogP contribution in [0.3, 0.4) is 0 Å². The maximum Gasteiger partial charge on any atom is 0.127 e. The lowest BCUT2D eigenvalue weighted by Gasteiger charge is -2.06. The molecule has 1 N–H and O–H groups in total. The van der Waals surface area contributed by atoms with E-state index in [2.05, 4.69) is 47.6 Å². The van der Waals surface area contributed by atoms with Crippen molar-refractivity contribution in [3.05, 3.63) is 48.7 Å². The van der Waals surface area contributed by atoms with Gasteiger partial charge in [-0.25, -0.2) is 4.98 Å². The fourth-order valence-corrected chi connectivity index (χ4v) is 2.31. The number of rotatable bonds is 5. The molecule has 1 aromatic carbocycles. The van der Waals surface area contributed by atoms with Gasteiger partial charge in [-0.15, -0.1) is 0 Å². The number of anilines is 1. The SMILES string of the molecule is CCCNc1cc(Sc2ccccc2)ccn1. The molecule has 0 fully saturated rings. The first-order valence-electron chi connectivity index (χ1n) is 5.81. The average Bonchev–Trinajstić information content (AvgIpc) is 2.38. The van der Waals surface area contributed by atoms with Crippen LogP contribution in [0.2, 0.25) is 0 Å². The van der Waals surface area contributed by atoms with E-state index in [-0.39, 0.29) is 0 Å². The number of nitrogens with one attached hydrogen (secondary N) is 1. The summed E-state index contributed by atoms with van der Waals surface area (Å²) < 4.78 is 0. The van der Waals surface area contributed by atoms with E-state index in [9.17, 15) is 0 Å². The first-order chi connectivity index (χ1) is 8.38. The molecule has 0 bridgehead atoms. The summed E-state index contributed by atoms with van der Waals surface area (Å²) in [4.78, 5) is 6.76. The van der Waals surface area contributed by atoms with E-state index < -0.39 is 0 Å². The molecule has 0 aliphatic carbocycles. The molecule has 0 aliphatic heterocycles. The maximum atomic E-state index is 4.29. The Morgan fingerprint density at radius 1 is 1.12 bits per heavy atom. The van der Waals surface area contributed by atoms with Gasteiger partial charge >= 0.3 is 0 Å². The van der Waals surface area contributed by atoms with Crippen molar-refractivity contribution in [1.82, 2.24) is 4.98 Å². The number of aromatic nitrogens is 1. The van der Waals surface area contributed by atoms with E-state index in [1.807, 2.05) is 18.3 Å². The summed E-state index contributed by atoms with van der Waals surface area (Å²) in [7, 11) is 0. The second kappa shape index (κ2) is 6.30. The highest BCUT2D eigenvalue weighted by Gasteiger charge is 1.99. The molecule has 2 aromatic rings. The monoisotopic (exact) mass is 244 g/mol. The lowest BCUT2D eigenvalue weighted by atomic mass is 10.4. The summed E-state index contributed by atoms with van der Waals surface area (Å²) in [5, 5.41) is 3.30. The van der Waals surface area contributed by atoms with Crippen LogP contribution in [0.15, 0.2) is 58.5 Å². The molecule has 0 aliphatic rings. The largest absolute Gasteiger partial charge is 0.370 e. The van der Waals surface area contributed by atoms with Crippen molar-refractivity contribution in [2.75, 3.05) is 11.9 Å².